The van der Waals surface area contributed by atoms with Gasteiger partial charge in [0.2, 0.25) is 0 Å². The predicted molar refractivity (Wildman–Crippen MR) is 131 cm³/mol. The van der Waals surface area contributed by atoms with Crippen molar-refractivity contribution >= 4 is 25.9 Å². The summed E-state index contributed by atoms with van der Waals surface area (Å²) in [5, 5.41) is 18.7. The van der Waals surface area contributed by atoms with Crippen molar-refractivity contribution in [1.82, 2.24) is 4.90 Å². The number of carboxylic acids is 1. The van der Waals surface area contributed by atoms with E-state index in [0.717, 1.165) is 28.5 Å². The first-order chi connectivity index (χ1) is 17.3. The summed E-state index contributed by atoms with van der Waals surface area (Å²) in [7, 11) is -4.30. The molecule has 0 fully saturated rings. The van der Waals surface area contributed by atoms with Gasteiger partial charge < -0.3 is 18.9 Å². The highest BCUT2D eigenvalue weighted by Gasteiger charge is 2.62. The lowest BCUT2D eigenvalue weighted by molar-refractivity contribution is -0.142. The minimum absolute atomic E-state index is 0.0532. The smallest absolute Gasteiger partial charge is 0.413 e. The van der Waals surface area contributed by atoms with E-state index in [1.807, 2.05) is 48.5 Å². The van der Waals surface area contributed by atoms with E-state index in [1.165, 1.54) is 6.92 Å². The SMILES string of the molecule is CCOP(=O)(OCC)C1(N(C(=O)OCC2c3ccccc3-c3ccccc32)[C@@H](C)C(=O)O)C=NN=N1. The van der Waals surface area contributed by atoms with Gasteiger partial charge in [-0.3, -0.25) is 9.46 Å². The van der Waals surface area contributed by atoms with Crippen LogP contribution in [0.1, 0.15) is 37.8 Å². The van der Waals surface area contributed by atoms with Crippen LogP contribution in [-0.4, -0.2) is 59.6 Å². The number of ether oxygens (including phenoxy) is 1. The number of carbonyl (C=O) groups is 2. The molecule has 0 radical (unpaired) electrons. The molecule has 12 heteroatoms. The molecule has 2 atom stereocenters. The standard InChI is InChI=1S/C24H27N4O7P/c1-4-34-36(32,35-5-2)24(15-25-27-26-24)28(16(3)22(29)30)23(31)33-14-21-19-12-8-6-10-17(19)18-11-7-9-13-20(18)21/h6-13,15-16,21H,4-5,14H2,1-3H3,(H,29,30)/t16-,24?/m0/s1. The molecule has 1 N–H and O–H groups in total. The van der Waals surface area contributed by atoms with E-state index in [2.05, 4.69) is 15.4 Å². The maximum Gasteiger partial charge on any atom is 0.413 e. The lowest BCUT2D eigenvalue weighted by Gasteiger charge is -2.39. The second-order valence-electron chi connectivity index (χ2n) is 8.14. The topological polar surface area (TPSA) is 139 Å². The number of amides is 1. The zero-order valence-electron chi connectivity index (χ0n) is 20.1. The van der Waals surface area contributed by atoms with Crippen molar-refractivity contribution in [3.8, 4) is 11.1 Å². The van der Waals surface area contributed by atoms with Gasteiger partial charge in [0.25, 0.3) is 5.40 Å². The zero-order valence-corrected chi connectivity index (χ0v) is 21.0. The molecule has 4 rings (SSSR count). The molecule has 2 aromatic carbocycles. The number of carbonyl (C=O) groups excluding carboxylic acids is 1. The van der Waals surface area contributed by atoms with Crippen LogP contribution in [0.2, 0.25) is 0 Å². The summed E-state index contributed by atoms with van der Waals surface area (Å²) in [4.78, 5) is 26.3. The normalized spacial score (nSPS) is 19.1. The molecule has 1 amide bonds. The van der Waals surface area contributed by atoms with Gasteiger partial charge in [-0.1, -0.05) is 48.5 Å². The second kappa shape index (κ2) is 10.3. The molecule has 0 saturated carbocycles. The van der Waals surface area contributed by atoms with E-state index in [1.54, 1.807) is 13.8 Å². The number of hydrogen-bond acceptors (Lipinski definition) is 9. The first-order valence-corrected chi connectivity index (χ1v) is 13.1. The fourth-order valence-electron chi connectivity index (χ4n) is 4.51. The molecule has 0 aromatic heterocycles. The van der Waals surface area contributed by atoms with E-state index in [4.69, 9.17) is 13.8 Å². The quantitative estimate of drug-likeness (QED) is 0.436. The average molecular weight is 514 g/mol. The Bertz CT molecular complexity index is 1200. The predicted octanol–water partition coefficient (Wildman–Crippen LogP) is 5.08. The van der Waals surface area contributed by atoms with E-state index in [9.17, 15) is 19.3 Å². The van der Waals surface area contributed by atoms with Crippen molar-refractivity contribution in [2.45, 2.75) is 38.1 Å². The second-order valence-corrected chi connectivity index (χ2v) is 10.3. The Morgan fingerprint density at radius 2 is 1.61 bits per heavy atom. The number of aliphatic carboxylic acids is 1. The van der Waals surface area contributed by atoms with Gasteiger partial charge in [0.15, 0.2) is 0 Å². The summed E-state index contributed by atoms with van der Waals surface area (Å²) in [6, 6.07) is 14.1. The van der Waals surface area contributed by atoms with E-state index in [-0.39, 0.29) is 25.7 Å². The van der Waals surface area contributed by atoms with Crippen LogP contribution in [0, 0.1) is 0 Å². The van der Waals surface area contributed by atoms with Crippen molar-refractivity contribution in [1.29, 1.82) is 0 Å². The number of rotatable bonds is 10. The third-order valence-corrected chi connectivity index (χ3v) is 8.53. The van der Waals surface area contributed by atoms with Crippen LogP contribution < -0.4 is 0 Å². The maximum atomic E-state index is 13.9. The molecule has 2 aliphatic rings. The average Bonchev–Trinajstić information content (AvgIpc) is 3.48. The summed E-state index contributed by atoms with van der Waals surface area (Å²) in [5.41, 5.74) is 4.04. The molecule has 190 valence electrons. The third-order valence-electron chi connectivity index (χ3n) is 6.11. The fourth-order valence-corrected chi connectivity index (χ4v) is 6.50. The molecule has 1 heterocycles. The molecule has 1 unspecified atom stereocenters. The summed E-state index contributed by atoms with van der Waals surface area (Å²) in [6.45, 7) is 4.22. The summed E-state index contributed by atoms with van der Waals surface area (Å²) >= 11 is 0. The minimum Gasteiger partial charge on any atom is -0.480 e. The van der Waals surface area contributed by atoms with Crippen LogP contribution in [0.3, 0.4) is 0 Å². The molecule has 11 nitrogen and oxygen atoms in total. The lowest BCUT2D eigenvalue weighted by Crippen LogP contribution is -2.57. The van der Waals surface area contributed by atoms with Crippen molar-refractivity contribution < 1.29 is 33.0 Å². The molecule has 36 heavy (non-hydrogen) atoms. The highest BCUT2D eigenvalue weighted by Crippen LogP contribution is 2.63. The first-order valence-electron chi connectivity index (χ1n) is 11.5. The van der Waals surface area contributed by atoms with Gasteiger partial charge in [-0.25, -0.2) is 9.59 Å². The van der Waals surface area contributed by atoms with Gasteiger partial charge in [-0.05, 0) is 48.2 Å². The first kappa shape index (κ1) is 25.7. The number of carboxylic acid groups (broad SMARTS) is 1. The van der Waals surface area contributed by atoms with E-state index < -0.39 is 31.1 Å². The van der Waals surface area contributed by atoms with Gasteiger partial charge in [0.1, 0.15) is 12.6 Å². The van der Waals surface area contributed by atoms with Crippen LogP contribution in [-0.2, 0) is 23.1 Å². The van der Waals surface area contributed by atoms with Crippen molar-refractivity contribution in [2.24, 2.45) is 15.4 Å². The summed E-state index contributed by atoms with van der Waals surface area (Å²) < 4.78 is 30.4. The number of fused-ring (bicyclic) bond motifs is 3. The molecule has 1 aliphatic heterocycles. The maximum absolute atomic E-state index is 13.9. The molecule has 0 bridgehead atoms. The van der Waals surface area contributed by atoms with Crippen molar-refractivity contribution in [3.63, 3.8) is 0 Å². The fraction of sp³-hybridized carbons (Fsp3) is 0.375. The van der Waals surface area contributed by atoms with Crippen LogP contribution in [0.5, 0.6) is 0 Å². The van der Waals surface area contributed by atoms with Crippen molar-refractivity contribution in [2.75, 3.05) is 19.8 Å². The van der Waals surface area contributed by atoms with Gasteiger partial charge in [-0.2, -0.15) is 0 Å². The lowest BCUT2D eigenvalue weighted by atomic mass is 9.98. The Kier molecular flexibility index (Phi) is 7.35. The molecular formula is C24H27N4O7P. The Morgan fingerprint density at radius 3 is 2.08 bits per heavy atom. The Labute approximate surface area is 208 Å². The molecule has 2 aromatic rings. The number of nitrogens with zero attached hydrogens (tertiary/aromatic N) is 4. The van der Waals surface area contributed by atoms with Gasteiger partial charge in [0, 0.05) is 5.92 Å². The monoisotopic (exact) mass is 514 g/mol. The van der Waals surface area contributed by atoms with E-state index in [0.29, 0.717) is 4.90 Å². The Morgan fingerprint density at radius 1 is 1.06 bits per heavy atom. The number of hydrogen-bond donors (Lipinski definition) is 1. The largest absolute Gasteiger partial charge is 0.480 e. The highest BCUT2D eigenvalue weighted by atomic mass is 31.2. The highest BCUT2D eigenvalue weighted by molar-refractivity contribution is 7.56. The van der Waals surface area contributed by atoms with Gasteiger partial charge in [0.05, 0.1) is 19.4 Å². The Balaban J connectivity index is 1.69. The molecule has 1 aliphatic carbocycles. The number of benzene rings is 2. The molecule has 0 saturated heterocycles. The van der Waals surface area contributed by atoms with Gasteiger partial charge >= 0.3 is 19.7 Å². The summed E-state index contributed by atoms with van der Waals surface area (Å²) in [5.74, 6) is -1.65. The van der Waals surface area contributed by atoms with E-state index >= 15 is 0 Å². The van der Waals surface area contributed by atoms with Gasteiger partial charge in [-0.15, -0.1) is 10.2 Å². The van der Waals surface area contributed by atoms with Crippen LogP contribution in [0.4, 0.5) is 4.79 Å². The summed E-state index contributed by atoms with van der Waals surface area (Å²) in [6.07, 6.45) is -0.0707. The molecular weight excluding hydrogens is 487 g/mol. The van der Waals surface area contributed by atoms with Crippen LogP contribution in [0.15, 0.2) is 64.0 Å². The zero-order chi connectivity index (χ0) is 25.9. The van der Waals surface area contributed by atoms with Crippen LogP contribution >= 0.6 is 7.60 Å². The Hall–Kier alpha value is -3.40. The van der Waals surface area contributed by atoms with Crippen molar-refractivity contribution in [3.05, 3.63) is 59.7 Å². The van der Waals surface area contributed by atoms with Crippen LogP contribution in [0.25, 0.3) is 11.1 Å². The third kappa shape index (κ3) is 4.23. The molecule has 0 spiro atoms. The minimum atomic E-state index is -4.30.